The van der Waals surface area contributed by atoms with Crippen LogP contribution in [0.5, 0.6) is 0 Å². The lowest BCUT2D eigenvalue weighted by molar-refractivity contribution is -0.152. The molecule has 2 aliphatic rings. The van der Waals surface area contributed by atoms with Crippen molar-refractivity contribution in [1.29, 1.82) is 0 Å². The molecule has 3 nitrogen and oxygen atoms in total. The molecule has 0 aliphatic carbocycles. The molecule has 1 aromatic rings. The van der Waals surface area contributed by atoms with Crippen molar-refractivity contribution in [3.05, 3.63) is 22.4 Å². The molecule has 2 bridgehead atoms. The molecule has 0 N–H and O–H groups in total. The van der Waals surface area contributed by atoms with Gasteiger partial charge in [-0.2, -0.15) is 0 Å². The molecule has 0 amide bonds. The molecule has 19 heavy (non-hydrogen) atoms. The first-order chi connectivity index (χ1) is 9.22. The van der Waals surface area contributed by atoms with Crippen molar-refractivity contribution in [3.63, 3.8) is 0 Å². The largest absolute Gasteiger partial charge is 0.466 e. The summed E-state index contributed by atoms with van der Waals surface area (Å²) in [6, 6.07) is 5.27. The van der Waals surface area contributed by atoms with Gasteiger partial charge in [-0.25, -0.2) is 0 Å². The fourth-order valence-electron chi connectivity index (χ4n) is 3.82. The Morgan fingerprint density at radius 1 is 1.53 bits per heavy atom. The Bertz CT molecular complexity index is 445. The van der Waals surface area contributed by atoms with Crippen LogP contribution in [0.1, 0.15) is 37.0 Å². The second-order valence-electron chi connectivity index (χ2n) is 5.60. The first-order valence-electron chi connectivity index (χ1n) is 7.14. The number of thiophene rings is 1. The number of nitrogens with zero attached hydrogens (tertiary/aromatic N) is 1. The quantitative estimate of drug-likeness (QED) is 0.797. The number of carbonyl (C=O) groups excluding carboxylic acids is 1. The summed E-state index contributed by atoms with van der Waals surface area (Å²) in [5.41, 5.74) is 0. The average molecular weight is 279 g/mol. The van der Waals surface area contributed by atoms with Gasteiger partial charge in [-0.1, -0.05) is 6.07 Å². The molecule has 4 heteroatoms. The molecular weight excluding hydrogens is 258 g/mol. The molecule has 2 unspecified atom stereocenters. The lowest BCUT2D eigenvalue weighted by Crippen LogP contribution is -2.49. The van der Waals surface area contributed by atoms with Crippen LogP contribution in [0.25, 0.3) is 0 Å². The summed E-state index contributed by atoms with van der Waals surface area (Å²) in [7, 11) is 2.17. The second-order valence-corrected chi connectivity index (χ2v) is 6.58. The van der Waals surface area contributed by atoms with Crippen molar-refractivity contribution >= 4 is 17.3 Å². The van der Waals surface area contributed by atoms with Gasteiger partial charge in [0.05, 0.1) is 12.5 Å². The number of ether oxygens (including phenoxy) is 1. The monoisotopic (exact) mass is 279 g/mol. The number of fused-ring (bicyclic) bond motifs is 2. The summed E-state index contributed by atoms with van der Waals surface area (Å²) >= 11 is 1.78. The van der Waals surface area contributed by atoms with Crippen LogP contribution in [0.3, 0.4) is 0 Å². The molecule has 3 rings (SSSR count). The van der Waals surface area contributed by atoms with Gasteiger partial charge in [0.15, 0.2) is 0 Å². The molecule has 104 valence electrons. The number of hydrogen-bond acceptors (Lipinski definition) is 4. The van der Waals surface area contributed by atoms with E-state index < -0.39 is 0 Å². The third kappa shape index (κ3) is 2.21. The van der Waals surface area contributed by atoms with Crippen LogP contribution < -0.4 is 0 Å². The summed E-state index contributed by atoms with van der Waals surface area (Å²) in [6.45, 7) is 2.37. The minimum atomic E-state index is -0.00176. The van der Waals surface area contributed by atoms with Crippen LogP contribution >= 0.6 is 11.3 Å². The summed E-state index contributed by atoms with van der Waals surface area (Å²) < 4.78 is 5.35. The van der Waals surface area contributed by atoms with Gasteiger partial charge >= 0.3 is 5.97 Å². The molecule has 3 heterocycles. The Morgan fingerprint density at radius 2 is 2.37 bits per heavy atom. The van der Waals surface area contributed by atoms with Crippen molar-refractivity contribution in [2.24, 2.45) is 5.92 Å². The summed E-state index contributed by atoms with van der Waals surface area (Å²) in [5.74, 6) is 0.369. The Kier molecular flexibility index (Phi) is 3.63. The normalized spacial score (nSPS) is 34.4. The molecule has 1 aromatic heterocycles. The molecule has 0 saturated carbocycles. The smallest absolute Gasteiger partial charge is 0.311 e. The predicted octanol–water partition coefficient (Wildman–Crippen LogP) is 2.88. The number of piperidine rings is 1. The van der Waals surface area contributed by atoms with E-state index in [2.05, 4.69) is 29.5 Å². The van der Waals surface area contributed by atoms with E-state index in [1.54, 1.807) is 11.3 Å². The van der Waals surface area contributed by atoms with E-state index in [4.69, 9.17) is 4.74 Å². The van der Waals surface area contributed by atoms with Crippen molar-refractivity contribution in [3.8, 4) is 0 Å². The molecule has 0 aromatic carbocycles. The van der Waals surface area contributed by atoms with Gasteiger partial charge in [0.1, 0.15) is 0 Å². The highest BCUT2D eigenvalue weighted by molar-refractivity contribution is 7.10. The van der Waals surface area contributed by atoms with Gasteiger partial charge in [-0.3, -0.25) is 9.69 Å². The second kappa shape index (κ2) is 5.25. The van der Waals surface area contributed by atoms with E-state index in [1.807, 2.05) is 6.92 Å². The number of hydrogen-bond donors (Lipinski definition) is 0. The molecular formula is C15H21NO2S. The van der Waals surface area contributed by atoms with E-state index >= 15 is 0 Å². The van der Waals surface area contributed by atoms with Crippen LogP contribution in [0, 0.1) is 5.92 Å². The Balaban J connectivity index is 1.91. The van der Waals surface area contributed by atoms with Gasteiger partial charge in [-0.05, 0) is 44.7 Å². The van der Waals surface area contributed by atoms with Gasteiger partial charge in [0.2, 0.25) is 0 Å². The molecule has 0 spiro atoms. The zero-order chi connectivity index (χ0) is 13.4. The first-order valence-corrected chi connectivity index (χ1v) is 8.02. The van der Waals surface area contributed by atoms with Crippen molar-refractivity contribution in [2.75, 3.05) is 13.7 Å². The highest BCUT2D eigenvalue weighted by Crippen LogP contribution is 2.47. The zero-order valence-electron chi connectivity index (χ0n) is 11.5. The maximum Gasteiger partial charge on any atom is 0.311 e. The lowest BCUT2D eigenvalue weighted by Gasteiger charge is -2.41. The molecule has 2 aliphatic heterocycles. The minimum Gasteiger partial charge on any atom is -0.466 e. The maximum atomic E-state index is 12.4. The third-order valence-electron chi connectivity index (χ3n) is 4.74. The highest BCUT2D eigenvalue weighted by Gasteiger charge is 2.49. The topological polar surface area (TPSA) is 29.5 Å². The van der Waals surface area contributed by atoms with Crippen molar-refractivity contribution < 1.29 is 9.53 Å². The Morgan fingerprint density at radius 3 is 3.05 bits per heavy atom. The van der Waals surface area contributed by atoms with Gasteiger partial charge in [0, 0.05) is 22.9 Å². The maximum absolute atomic E-state index is 12.4. The van der Waals surface area contributed by atoms with Crippen LogP contribution in [-0.2, 0) is 9.53 Å². The SMILES string of the molecule is CCOC(=O)[C@H]1C2CCC(C[C@@H]1c1cccs1)N2C. The van der Waals surface area contributed by atoms with Gasteiger partial charge in [-0.15, -0.1) is 11.3 Å². The van der Waals surface area contributed by atoms with Gasteiger partial charge in [0.25, 0.3) is 0 Å². The van der Waals surface area contributed by atoms with Crippen LogP contribution in [0.15, 0.2) is 17.5 Å². The number of esters is 1. The van der Waals surface area contributed by atoms with E-state index in [9.17, 15) is 4.79 Å². The molecule has 4 atom stereocenters. The first kappa shape index (κ1) is 13.1. The predicted molar refractivity (Wildman–Crippen MR) is 76.4 cm³/mol. The van der Waals surface area contributed by atoms with Crippen molar-refractivity contribution in [1.82, 2.24) is 4.90 Å². The minimum absolute atomic E-state index is 0.00176. The van der Waals surface area contributed by atoms with E-state index in [1.165, 1.54) is 11.3 Å². The lowest BCUT2D eigenvalue weighted by atomic mass is 9.79. The molecule has 2 saturated heterocycles. The van der Waals surface area contributed by atoms with Crippen molar-refractivity contribution in [2.45, 2.75) is 44.2 Å². The van der Waals surface area contributed by atoms with Crippen LogP contribution in [0.4, 0.5) is 0 Å². The highest BCUT2D eigenvalue weighted by atomic mass is 32.1. The number of carbonyl (C=O) groups is 1. The summed E-state index contributed by atoms with van der Waals surface area (Å²) in [4.78, 5) is 16.2. The van der Waals surface area contributed by atoms with E-state index in [0.717, 1.165) is 12.8 Å². The molecule has 0 radical (unpaired) electrons. The average Bonchev–Trinajstić information content (AvgIpc) is 2.97. The fraction of sp³-hybridized carbons (Fsp3) is 0.667. The van der Waals surface area contributed by atoms with E-state index in [-0.39, 0.29) is 11.9 Å². The molecule has 2 fully saturated rings. The Labute approximate surface area is 118 Å². The fourth-order valence-corrected chi connectivity index (χ4v) is 4.71. The summed E-state index contributed by atoms with van der Waals surface area (Å²) in [5, 5.41) is 2.11. The summed E-state index contributed by atoms with van der Waals surface area (Å²) in [6.07, 6.45) is 3.45. The Hall–Kier alpha value is -0.870. The third-order valence-corrected chi connectivity index (χ3v) is 5.74. The van der Waals surface area contributed by atoms with Crippen LogP contribution in [0.2, 0.25) is 0 Å². The zero-order valence-corrected chi connectivity index (χ0v) is 12.4. The number of rotatable bonds is 3. The van der Waals surface area contributed by atoms with E-state index in [0.29, 0.717) is 24.6 Å². The standard InChI is InChI=1S/C15H21NO2S/c1-3-18-15(17)14-11(13-5-4-8-19-13)9-10-6-7-12(14)16(10)2/h4-5,8,10-12,14H,3,6-7,9H2,1-2H3/t10?,11-,12?,14-/m1/s1. The van der Waals surface area contributed by atoms with Gasteiger partial charge < -0.3 is 4.74 Å². The van der Waals surface area contributed by atoms with Crippen LogP contribution in [-0.4, -0.2) is 36.6 Å².